The summed E-state index contributed by atoms with van der Waals surface area (Å²) < 4.78 is 5.67. The Hall–Kier alpha value is -2.06. The minimum absolute atomic E-state index is 0.0275. The van der Waals surface area contributed by atoms with E-state index in [1.54, 1.807) is 5.01 Å². The van der Waals surface area contributed by atoms with E-state index in [-0.39, 0.29) is 12.0 Å². The zero-order valence-electron chi connectivity index (χ0n) is 14.2. The van der Waals surface area contributed by atoms with E-state index in [1.807, 2.05) is 56.1 Å². The second kappa shape index (κ2) is 7.47. The smallest absolute Gasteiger partial charge is 0.425 e. The fourth-order valence-corrected chi connectivity index (χ4v) is 2.46. The summed E-state index contributed by atoms with van der Waals surface area (Å²) in [4.78, 5) is 12.7. The van der Waals surface area contributed by atoms with E-state index in [0.717, 1.165) is 18.4 Å². The lowest BCUT2D eigenvalue weighted by atomic mass is 10.1. The summed E-state index contributed by atoms with van der Waals surface area (Å²) in [6, 6.07) is 12.1. The van der Waals surface area contributed by atoms with Crippen molar-refractivity contribution >= 4 is 6.09 Å². The Morgan fingerprint density at radius 1 is 1.43 bits per heavy atom. The lowest BCUT2D eigenvalue weighted by Gasteiger charge is -2.34. The van der Waals surface area contributed by atoms with Crippen LogP contribution in [0.5, 0.6) is 0 Å². The third-order valence-corrected chi connectivity index (χ3v) is 4.29. The summed E-state index contributed by atoms with van der Waals surface area (Å²) in [5.41, 5.74) is 0.541. The average Bonchev–Trinajstić information content (AvgIpc) is 3.02. The first kappa shape index (κ1) is 17.3. The van der Waals surface area contributed by atoms with Crippen LogP contribution < -0.4 is 0 Å². The predicted octanol–water partition coefficient (Wildman–Crippen LogP) is 3.57. The number of ether oxygens (including phenoxy) is 1. The van der Waals surface area contributed by atoms with Crippen molar-refractivity contribution < 1.29 is 9.53 Å². The van der Waals surface area contributed by atoms with Crippen LogP contribution in [-0.4, -0.2) is 34.8 Å². The largest absolute Gasteiger partial charge is 0.442 e. The molecule has 1 saturated heterocycles. The molecule has 1 amide bonds. The van der Waals surface area contributed by atoms with Gasteiger partial charge in [0, 0.05) is 13.1 Å². The molecule has 0 aliphatic carbocycles. The molecule has 0 radical (unpaired) electrons. The van der Waals surface area contributed by atoms with Crippen LogP contribution in [0.4, 0.5) is 4.79 Å². The third-order valence-electron chi connectivity index (χ3n) is 4.29. The summed E-state index contributed by atoms with van der Waals surface area (Å²) >= 11 is 0. The molecular formula is C18H25N3O2. The molecule has 0 N–H and O–H groups in total. The van der Waals surface area contributed by atoms with Gasteiger partial charge >= 0.3 is 6.09 Å². The maximum absolute atomic E-state index is 12.7. The number of hydrogen-bond donors (Lipinski definition) is 0. The molecule has 124 valence electrons. The Kier molecular flexibility index (Phi) is 5.62. The molecule has 0 spiro atoms. The topological polar surface area (TPSA) is 56.6 Å². The summed E-state index contributed by atoms with van der Waals surface area (Å²) in [6.07, 6.45) is 1.18. The Bertz CT molecular complexity index is 565. The third kappa shape index (κ3) is 4.70. The van der Waals surface area contributed by atoms with Crippen molar-refractivity contribution in [3.05, 3.63) is 35.9 Å². The predicted molar refractivity (Wildman–Crippen MR) is 88.1 cm³/mol. The Labute approximate surface area is 138 Å². The molecule has 0 aromatic heterocycles. The van der Waals surface area contributed by atoms with Gasteiger partial charge in [0.1, 0.15) is 5.60 Å². The van der Waals surface area contributed by atoms with Crippen molar-refractivity contribution in [3.8, 4) is 6.07 Å². The van der Waals surface area contributed by atoms with Crippen LogP contribution in [-0.2, 0) is 11.3 Å². The maximum Gasteiger partial charge on any atom is 0.425 e. The highest BCUT2D eigenvalue weighted by molar-refractivity contribution is 5.67. The Morgan fingerprint density at radius 3 is 2.70 bits per heavy atom. The average molecular weight is 315 g/mol. The second-order valence-corrected chi connectivity index (χ2v) is 6.55. The van der Waals surface area contributed by atoms with Gasteiger partial charge in [-0.15, -0.1) is 0 Å². The van der Waals surface area contributed by atoms with Crippen molar-refractivity contribution in [3.63, 3.8) is 0 Å². The van der Waals surface area contributed by atoms with E-state index in [1.165, 1.54) is 0 Å². The number of nitrogens with zero attached hydrogens (tertiary/aromatic N) is 3. The highest BCUT2D eigenvalue weighted by Gasteiger charge is 2.33. The van der Waals surface area contributed by atoms with E-state index in [0.29, 0.717) is 19.6 Å². The fraction of sp³-hybridized carbons (Fsp3) is 0.556. The van der Waals surface area contributed by atoms with E-state index in [4.69, 9.17) is 10.00 Å². The zero-order valence-corrected chi connectivity index (χ0v) is 14.2. The van der Waals surface area contributed by atoms with Crippen LogP contribution >= 0.6 is 0 Å². The van der Waals surface area contributed by atoms with Gasteiger partial charge in [-0.25, -0.2) is 14.8 Å². The quantitative estimate of drug-likeness (QED) is 0.833. The molecule has 1 unspecified atom stereocenters. The molecule has 2 rings (SSSR count). The molecule has 23 heavy (non-hydrogen) atoms. The Balaban J connectivity index is 2.14. The number of rotatable bonds is 5. The highest BCUT2D eigenvalue weighted by atomic mass is 16.6. The molecule has 0 saturated carbocycles. The number of carbonyl (C=O) groups excluding carboxylic acids is 1. The summed E-state index contributed by atoms with van der Waals surface area (Å²) in [7, 11) is 0. The molecule has 1 aliphatic heterocycles. The number of carbonyl (C=O) groups is 1. The van der Waals surface area contributed by atoms with Crippen LogP contribution in [0.15, 0.2) is 30.3 Å². The second-order valence-electron chi connectivity index (χ2n) is 6.55. The zero-order chi connectivity index (χ0) is 16.9. The van der Waals surface area contributed by atoms with Crippen LogP contribution in [0.3, 0.4) is 0 Å². The van der Waals surface area contributed by atoms with Gasteiger partial charge in [0.25, 0.3) is 0 Å². The molecule has 1 aliphatic rings. The van der Waals surface area contributed by atoms with Gasteiger partial charge in [0.15, 0.2) is 0 Å². The molecular weight excluding hydrogens is 290 g/mol. The van der Waals surface area contributed by atoms with Crippen molar-refractivity contribution in [2.75, 3.05) is 13.1 Å². The summed E-state index contributed by atoms with van der Waals surface area (Å²) in [5, 5.41) is 12.7. The van der Waals surface area contributed by atoms with Gasteiger partial charge in [-0.05, 0) is 32.3 Å². The van der Waals surface area contributed by atoms with E-state index in [9.17, 15) is 4.79 Å². The van der Waals surface area contributed by atoms with Crippen molar-refractivity contribution in [2.45, 2.75) is 45.8 Å². The monoisotopic (exact) mass is 315 g/mol. The molecule has 1 fully saturated rings. The minimum Gasteiger partial charge on any atom is -0.442 e. The van der Waals surface area contributed by atoms with Gasteiger partial charge in [0.2, 0.25) is 0 Å². The number of nitriles is 1. The molecule has 0 bridgehead atoms. The molecule has 5 nitrogen and oxygen atoms in total. The standard InChI is InChI=1S/C18H25N3O2/c1-4-18(2,3)23-17(22)21(14-15-8-6-5-7-9-15)20-11-10-16(12-19)13-20/h5-9,16H,4,10-11,13-14H2,1-3H3. The number of hydrogen-bond acceptors (Lipinski definition) is 4. The molecule has 1 atom stereocenters. The van der Waals surface area contributed by atoms with Crippen molar-refractivity contribution in [2.24, 2.45) is 5.92 Å². The van der Waals surface area contributed by atoms with Gasteiger partial charge in [0.05, 0.1) is 18.5 Å². The molecule has 1 aromatic rings. The van der Waals surface area contributed by atoms with Crippen LogP contribution in [0.1, 0.15) is 39.2 Å². The van der Waals surface area contributed by atoms with Gasteiger partial charge in [-0.2, -0.15) is 5.26 Å². The first-order valence-corrected chi connectivity index (χ1v) is 8.14. The number of amides is 1. The van der Waals surface area contributed by atoms with Crippen molar-refractivity contribution in [1.29, 1.82) is 5.26 Å². The number of hydrazine groups is 1. The van der Waals surface area contributed by atoms with Gasteiger partial charge in [-0.3, -0.25) is 0 Å². The van der Waals surface area contributed by atoms with Crippen LogP contribution in [0.25, 0.3) is 0 Å². The minimum atomic E-state index is -0.500. The van der Waals surface area contributed by atoms with Crippen LogP contribution in [0, 0.1) is 17.2 Å². The summed E-state index contributed by atoms with van der Waals surface area (Å²) in [6.45, 7) is 7.55. The van der Waals surface area contributed by atoms with E-state index in [2.05, 4.69) is 6.07 Å². The first-order valence-electron chi connectivity index (χ1n) is 8.14. The highest BCUT2D eigenvalue weighted by Crippen LogP contribution is 2.22. The van der Waals surface area contributed by atoms with Crippen LogP contribution in [0.2, 0.25) is 0 Å². The normalized spacial score (nSPS) is 18.4. The maximum atomic E-state index is 12.7. The SMILES string of the molecule is CCC(C)(C)OC(=O)N(Cc1ccccc1)N1CCC(C#N)C1. The Morgan fingerprint density at radius 2 is 2.13 bits per heavy atom. The van der Waals surface area contributed by atoms with E-state index < -0.39 is 5.60 Å². The first-order chi connectivity index (χ1) is 10.9. The molecule has 5 heteroatoms. The van der Waals surface area contributed by atoms with Crippen molar-refractivity contribution in [1.82, 2.24) is 10.0 Å². The molecule has 1 heterocycles. The fourth-order valence-electron chi connectivity index (χ4n) is 2.46. The van der Waals surface area contributed by atoms with Gasteiger partial charge < -0.3 is 4.74 Å². The summed E-state index contributed by atoms with van der Waals surface area (Å²) in [5.74, 6) is -0.0275. The molecule has 1 aromatic carbocycles. The van der Waals surface area contributed by atoms with Gasteiger partial charge in [-0.1, -0.05) is 37.3 Å². The lowest BCUT2D eigenvalue weighted by Crippen LogP contribution is -2.47. The number of benzene rings is 1. The lowest BCUT2D eigenvalue weighted by molar-refractivity contribution is -0.0520. The van der Waals surface area contributed by atoms with E-state index >= 15 is 0 Å².